The van der Waals surface area contributed by atoms with E-state index in [9.17, 15) is 4.79 Å². The molecule has 3 heterocycles. The van der Waals surface area contributed by atoms with Crippen LogP contribution in [0.15, 0.2) is 22.5 Å². The first-order valence-corrected chi connectivity index (χ1v) is 6.48. The molecule has 0 bridgehead atoms. The molecule has 9 heteroatoms. The molecule has 2 aromatic heterocycles. The van der Waals surface area contributed by atoms with E-state index in [1.165, 1.54) is 6.33 Å². The maximum absolute atomic E-state index is 12.0. The van der Waals surface area contributed by atoms with Gasteiger partial charge in [0.2, 0.25) is 0 Å². The molecule has 1 fully saturated rings. The van der Waals surface area contributed by atoms with Crippen LogP contribution in [0.5, 0.6) is 0 Å². The van der Waals surface area contributed by atoms with Gasteiger partial charge in [-0.15, -0.1) is 0 Å². The van der Waals surface area contributed by atoms with Gasteiger partial charge in [0.15, 0.2) is 5.84 Å². The minimum Gasteiger partial charge on any atom is -0.409 e. The summed E-state index contributed by atoms with van der Waals surface area (Å²) in [6, 6.07) is 0. The molecule has 0 unspecified atom stereocenters. The van der Waals surface area contributed by atoms with Gasteiger partial charge in [-0.3, -0.25) is 4.79 Å². The summed E-state index contributed by atoms with van der Waals surface area (Å²) in [5, 5.41) is 21.2. The van der Waals surface area contributed by atoms with Gasteiger partial charge in [0.05, 0.1) is 30.0 Å². The molecule has 3 rings (SSSR count). The number of ether oxygens (including phenoxy) is 1. The molecule has 0 aromatic carbocycles. The van der Waals surface area contributed by atoms with Crippen LogP contribution in [-0.4, -0.2) is 43.4 Å². The van der Waals surface area contributed by atoms with Crippen LogP contribution in [0.2, 0.25) is 0 Å². The quantitative estimate of drug-likeness (QED) is 0.260. The smallest absolute Gasteiger partial charge is 0.260 e. The largest absolute Gasteiger partial charge is 0.409 e. The Hall–Kier alpha value is -2.39. The monoisotopic (exact) mass is 293 g/mol. The molecule has 21 heavy (non-hydrogen) atoms. The molecule has 0 saturated carbocycles. The molecular weight excluding hydrogens is 278 g/mol. The third-order valence-corrected chi connectivity index (χ3v) is 3.60. The average molecular weight is 293 g/mol. The topological polar surface area (TPSA) is 139 Å². The molecule has 0 spiro atoms. The minimum atomic E-state index is -0.378. The van der Waals surface area contributed by atoms with Crippen LogP contribution < -0.4 is 11.3 Å². The molecule has 2 aromatic rings. The molecule has 5 N–H and O–H groups in total. The van der Waals surface area contributed by atoms with Gasteiger partial charge in [-0.1, -0.05) is 5.16 Å². The van der Waals surface area contributed by atoms with Gasteiger partial charge >= 0.3 is 0 Å². The number of nitrogens with zero attached hydrogens (tertiary/aromatic N) is 3. The first-order valence-electron chi connectivity index (χ1n) is 6.48. The van der Waals surface area contributed by atoms with Crippen LogP contribution in [0.25, 0.3) is 11.0 Å². The highest BCUT2D eigenvalue weighted by molar-refractivity contribution is 6.07. The summed E-state index contributed by atoms with van der Waals surface area (Å²) in [6.45, 7) is -0.0587. The van der Waals surface area contributed by atoms with Gasteiger partial charge in [0.25, 0.3) is 5.56 Å². The third-order valence-electron chi connectivity index (χ3n) is 3.60. The second kappa shape index (κ2) is 5.19. The van der Waals surface area contributed by atoms with Gasteiger partial charge in [-0.05, 0) is 12.8 Å². The highest BCUT2D eigenvalue weighted by Crippen LogP contribution is 2.31. The summed E-state index contributed by atoms with van der Waals surface area (Å²) in [5.74, 6) is -0.172. The number of aromatic nitrogens is 3. The van der Waals surface area contributed by atoms with Crippen molar-refractivity contribution in [2.24, 2.45) is 10.9 Å². The maximum Gasteiger partial charge on any atom is 0.260 e. The predicted molar refractivity (Wildman–Crippen MR) is 73.1 cm³/mol. The van der Waals surface area contributed by atoms with E-state index in [1.807, 2.05) is 0 Å². The van der Waals surface area contributed by atoms with Crippen molar-refractivity contribution in [3.05, 3.63) is 28.4 Å². The van der Waals surface area contributed by atoms with E-state index in [1.54, 1.807) is 10.8 Å². The van der Waals surface area contributed by atoms with Crippen molar-refractivity contribution in [3.8, 4) is 0 Å². The van der Waals surface area contributed by atoms with Crippen molar-refractivity contribution in [1.82, 2.24) is 14.5 Å². The Morgan fingerprint density at radius 3 is 3.10 bits per heavy atom. The second-order valence-electron chi connectivity index (χ2n) is 4.84. The summed E-state index contributed by atoms with van der Waals surface area (Å²) < 4.78 is 7.36. The van der Waals surface area contributed by atoms with Crippen LogP contribution >= 0.6 is 0 Å². The fraction of sp³-hybridized carbons (Fsp3) is 0.417. The average Bonchev–Trinajstić information content (AvgIpc) is 3.11. The van der Waals surface area contributed by atoms with Crippen molar-refractivity contribution in [1.29, 1.82) is 0 Å². The van der Waals surface area contributed by atoms with Crippen LogP contribution in [-0.2, 0) is 4.74 Å². The number of nitrogens with two attached hydrogens (primary N) is 1. The normalized spacial score (nSPS) is 23.0. The minimum absolute atomic E-state index is 0.0587. The number of amidine groups is 1. The highest BCUT2D eigenvalue weighted by Gasteiger charge is 2.29. The van der Waals surface area contributed by atoms with Crippen LogP contribution in [0.3, 0.4) is 0 Å². The molecule has 0 radical (unpaired) electrons. The lowest BCUT2D eigenvalue weighted by atomic mass is 10.2. The van der Waals surface area contributed by atoms with Crippen molar-refractivity contribution < 1.29 is 15.1 Å². The zero-order valence-corrected chi connectivity index (χ0v) is 11.1. The van der Waals surface area contributed by atoms with Crippen LogP contribution in [0.1, 0.15) is 24.6 Å². The summed E-state index contributed by atoms with van der Waals surface area (Å²) >= 11 is 0. The molecule has 2 atom stereocenters. The molecule has 0 amide bonds. The number of nitrogens with one attached hydrogen (secondary N) is 1. The van der Waals surface area contributed by atoms with Crippen molar-refractivity contribution in [2.45, 2.75) is 25.2 Å². The van der Waals surface area contributed by atoms with E-state index in [-0.39, 0.29) is 41.3 Å². The van der Waals surface area contributed by atoms with E-state index < -0.39 is 0 Å². The summed E-state index contributed by atoms with van der Waals surface area (Å²) in [5.41, 5.74) is 5.92. The lowest BCUT2D eigenvalue weighted by molar-refractivity contribution is -0.0204. The Morgan fingerprint density at radius 2 is 2.43 bits per heavy atom. The molecule has 1 aliphatic rings. The number of hydrogen-bond acceptors (Lipinski definition) is 6. The second-order valence-corrected chi connectivity index (χ2v) is 4.84. The van der Waals surface area contributed by atoms with E-state index in [0.717, 1.165) is 0 Å². The zero-order chi connectivity index (χ0) is 15.0. The summed E-state index contributed by atoms with van der Waals surface area (Å²) in [6.07, 6.45) is 3.67. The number of aliphatic hydroxyl groups is 1. The fourth-order valence-corrected chi connectivity index (χ4v) is 2.59. The first-order chi connectivity index (χ1) is 10.2. The van der Waals surface area contributed by atoms with Crippen molar-refractivity contribution >= 4 is 16.9 Å². The van der Waals surface area contributed by atoms with Gasteiger partial charge in [-0.25, -0.2) is 4.98 Å². The van der Waals surface area contributed by atoms with Gasteiger partial charge in [0, 0.05) is 6.20 Å². The Kier molecular flexibility index (Phi) is 3.35. The van der Waals surface area contributed by atoms with Crippen LogP contribution in [0.4, 0.5) is 0 Å². The van der Waals surface area contributed by atoms with E-state index in [2.05, 4.69) is 15.1 Å². The predicted octanol–water partition coefficient (Wildman–Crippen LogP) is -0.511. The zero-order valence-electron chi connectivity index (χ0n) is 11.1. The van der Waals surface area contributed by atoms with Crippen molar-refractivity contribution in [3.63, 3.8) is 0 Å². The Morgan fingerprint density at radius 1 is 1.62 bits per heavy atom. The molecule has 1 saturated heterocycles. The van der Waals surface area contributed by atoms with Gasteiger partial charge in [-0.2, -0.15) is 0 Å². The first kappa shape index (κ1) is 13.6. The lowest BCUT2D eigenvalue weighted by Gasteiger charge is -2.14. The molecular formula is C12H15N5O4. The fourth-order valence-electron chi connectivity index (χ4n) is 2.59. The van der Waals surface area contributed by atoms with Crippen molar-refractivity contribution in [2.75, 3.05) is 6.61 Å². The number of H-pyrrole nitrogens is 1. The van der Waals surface area contributed by atoms with E-state index in [4.69, 9.17) is 20.8 Å². The highest BCUT2D eigenvalue weighted by atomic mass is 16.5. The summed E-state index contributed by atoms with van der Waals surface area (Å²) in [4.78, 5) is 18.6. The Labute approximate surface area is 118 Å². The molecule has 9 nitrogen and oxygen atoms in total. The van der Waals surface area contributed by atoms with E-state index in [0.29, 0.717) is 18.5 Å². The van der Waals surface area contributed by atoms with E-state index >= 15 is 0 Å². The number of aromatic amines is 1. The number of oxime groups is 1. The summed E-state index contributed by atoms with van der Waals surface area (Å²) in [7, 11) is 0. The van der Waals surface area contributed by atoms with Gasteiger partial charge < -0.3 is 30.3 Å². The number of hydrogen-bond donors (Lipinski definition) is 4. The lowest BCUT2D eigenvalue weighted by Crippen LogP contribution is -2.16. The molecule has 0 aliphatic carbocycles. The Balaban J connectivity index is 2.16. The number of fused-ring (bicyclic) bond motifs is 1. The maximum atomic E-state index is 12.0. The SMILES string of the molecule is N/C(=N/O)c1cn([C@H]2CC[C@@H](CO)O2)c2nc[nH]c(=O)c12. The Bertz CT molecular complexity index is 750. The number of aliphatic hydroxyl groups excluding tert-OH is 1. The standard InChI is InChI=1S/C12H15N5O4/c13-10(16-20)7-3-17(8-2-1-6(4-18)21-8)11-9(7)12(19)15-5-14-11/h3,5-6,8,18,20H,1-2,4H2,(H2,13,16)(H,14,15,19)/t6-,8+/m0/s1. The molecule has 112 valence electrons. The molecule has 1 aliphatic heterocycles. The van der Waals surface area contributed by atoms with Gasteiger partial charge in [0.1, 0.15) is 11.9 Å². The number of rotatable bonds is 3. The third kappa shape index (κ3) is 2.16. The van der Waals surface area contributed by atoms with Crippen LogP contribution in [0, 0.1) is 0 Å².